The van der Waals surface area contributed by atoms with Crippen LogP contribution in [0.4, 0.5) is 0 Å². The van der Waals surface area contributed by atoms with E-state index in [4.69, 9.17) is 0 Å². The number of carbonyl (C=O) groups is 1. The van der Waals surface area contributed by atoms with Crippen LogP contribution in [0.15, 0.2) is 53.0 Å². The van der Waals surface area contributed by atoms with E-state index >= 15 is 0 Å². The maximum absolute atomic E-state index is 12.3. The molecule has 2 aromatic rings. The first-order valence-electron chi connectivity index (χ1n) is 6.29. The fraction of sp³-hybridized carbons (Fsp3) is 0.188. The number of rotatable bonds is 4. The lowest BCUT2D eigenvalue weighted by molar-refractivity contribution is 0.0940. The quantitative estimate of drug-likeness (QED) is 0.750. The standard InChI is InChI=1S/C16H15Br2NO/c1-11-7-13(9-14(18)8-11)16(20)19-15(10-17)12-5-3-2-4-6-12/h2-9,15H,10H2,1H3,(H,19,20). The number of nitrogens with one attached hydrogen (secondary N) is 1. The molecule has 2 rings (SSSR count). The Labute approximate surface area is 135 Å². The summed E-state index contributed by atoms with van der Waals surface area (Å²) < 4.78 is 0.915. The van der Waals surface area contributed by atoms with Crippen molar-refractivity contribution in [2.45, 2.75) is 13.0 Å². The Morgan fingerprint density at radius 3 is 2.50 bits per heavy atom. The second-order valence-electron chi connectivity index (χ2n) is 4.61. The number of halogens is 2. The van der Waals surface area contributed by atoms with Crippen LogP contribution in [0, 0.1) is 6.92 Å². The molecule has 0 aliphatic carbocycles. The van der Waals surface area contributed by atoms with Crippen LogP contribution in [0.25, 0.3) is 0 Å². The summed E-state index contributed by atoms with van der Waals surface area (Å²) in [6.07, 6.45) is 0. The summed E-state index contributed by atoms with van der Waals surface area (Å²) in [5.41, 5.74) is 2.81. The fourth-order valence-electron chi connectivity index (χ4n) is 2.01. The highest BCUT2D eigenvalue weighted by atomic mass is 79.9. The SMILES string of the molecule is Cc1cc(Br)cc(C(=O)NC(CBr)c2ccccc2)c1. The van der Waals surface area contributed by atoms with Crippen molar-refractivity contribution in [1.29, 1.82) is 0 Å². The average Bonchev–Trinajstić information content (AvgIpc) is 2.44. The molecule has 0 radical (unpaired) electrons. The molecular formula is C16H15Br2NO. The van der Waals surface area contributed by atoms with Gasteiger partial charge in [0.15, 0.2) is 0 Å². The zero-order chi connectivity index (χ0) is 14.5. The Hall–Kier alpha value is -1.13. The largest absolute Gasteiger partial charge is 0.344 e. The van der Waals surface area contributed by atoms with Crippen LogP contribution in [0.1, 0.15) is 27.5 Å². The molecule has 0 aliphatic rings. The lowest BCUT2D eigenvalue weighted by atomic mass is 10.1. The third kappa shape index (κ3) is 3.93. The second-order valence-corrected chi connectivity index (χ2v) is 6.17. The molecule has 4 heteroatoms. The summed E-state index contributed by atoms with van der Waals surface area (Å²) in [5.74, 6) is -0.0669. The predicted octanol–water partition coefficient (Wildman–Crippen LogP) is 4.62. The molecule has 20 heavy (non-hydrogen) atoms. The van der Waals surface area contributed by atoms with E-state index in [1.807, 2.05) is 55.5 Å². The minimum absolute atomic E-state index is 0.0389. The Bertz CT molecular complexity index is 578. The van der Waals surface area contributed by atoms with Crippen LogP contribution >= 0.6 is 31.9 Å². The summed E-state index contributed by atoms with van der Waals surface area (Å²) in [6.45, 7) is 1.97. The summed E-state index contributed by atoms with van der Waals surface area (Å²) in [4.78, 5) is 12.3. The van der Waals surface area contributed by atoms with Crippen molar-refractivity contribution < 1.29 is 4.79 Å². The van der Waals surface area contributed by atoms with Gasteiger partial charge in [0.05, 0.1) is 6.04 Å². The van der Waals surface area contributed by atoms with Gasteiger partial charge in [0.1, 0.15) is 0 Å². The number of amides is 1. The number of alkyl halides is 1. The summed E-state index contributed by atoms with van der Waals surface area (Å²) >= 11 is 6.88. The van der Waals surface area contributed by atoms with Gasteiger partial charge in [0.25, 0.3) is 5.91 Å². The predicted molar refractivity (Wildman–Crippen MR) is 89.3 cm³/mol. The molecule has 1 N–H and O–H groups in total. The van der Waals surface area contributed by atoms with Gasteiger partial charge in [-0.2, -0.15) is 0 Å². The minimum atomic E-state index is -0.0669. The molecule has 0 saturated heterocycles. The third-order valence-corrected chi connectivity index (χ3v) is 4.07. The first kappa shape index (κ1) is 15.3. The summed E-state index contributed by atoms with van der Waals surface area (Å²) in [7, 11) is 0. The fourth-order valence-corrected chi connectivity index (χ4v) is 3.15. The van der Waals surface area contributed by atoms with Crippen LogP contribution in [0.2, 0.25) is 0 Å². The number of hydrogen-bond donors (Lipinski definition) is 1. The van der Waals surface area contributed by atoms with E-state index in [2.05, 4.69) is 37.2 Å². The van der Waals surface area contributed by atoms with Crippen LogP contribution in [0.3, 0.4) is 0 Å². The monoisotopic (exact) mass is 395 g/mol. The van der Waals surface area contributed by atoms with E-state index in [1.165, 1.54) is 0 Å². The van der Waals surface area contributed by atoms with E-state index in [0.29, 0.717) is 10.9 Å². The highest BCUT2D eigenvalue weighted by Crippen LogP contribution is 2.18. The maximum Gasteiger partial charge on any atom is 0.251 e. The Morgan fingerprint density at radius 2 is 1.90 bits per heavy atom. The number of carbonyl (C=O) groups excluding carboxylic acids is 1. The van der Waals surface area contributed by atoms with Crippen LogP contribution < -0.4 is 5.32 Å². The van der Waals surface area contributed by atoms with Crippen molar-refractivity contribution in [2.24, 2.45) is 0 Å². The van der Waals surface area contributed by atoms with E-state index in [0.717, 1.165) is 15.6 Å². The van der Waals surface area contributed by atoms with Gasteiger partial charge < -0.3 is 5.32 Å². The number of benzene rings is 2. The third-order valence-electron chi connectivity index (χ3n) is 2.97. The molecule has 0 spiro atoms. The topological polar surface area (TPSA) is 29.1 Å². The van der Waals surface area contributed by atoms with Crippen molar-refractivity contribution in [2.75, 3.05) is 5.33 Å². The van der Waals surface area contributed by atoms with Crippen molar-refractivity contribution in [1.82, 2.24) is 5.32 Å². The lowest BCUT2D eigenvalue weighted by Gasteiger charge is -2.17. The molecule has 0 bridgehead atoms. The highest BCUT2D eigenvalue weighted by molar-refractivity contribution is 9.10. The number of hydrogen-bond acceptors (Lipinski definition) is 1. The summed E-state index contributed by atoms with van der Waals surface area (Å²) in [5, 5.41) is 3.72. The highest BCUT2D eigenvalue weighted by Gasteiger charge is 2.14. The van der Waals surface area contributed by atoms with Crippen LogP contribution in [0.5, 0.6) is 0 Å². The second kappa shape index (κ2) is 7.04. The zero-order valence-corrected chi connectivity index (χ0v) is 14.2. The smallest absolute Gasteiger partial charge is 0.251 e. The van der Waals surface area contributed by atoms with Crippen LogP contribution in [-0.2, 0) is 0 Å². The van der Waals surface area contributed by atoms with Gasteiger partial charge in [0.2, 0.25) is 0 Å². The van der Waals surface area contributed by atoms with Gasteiger partial charge in [-0.3, -0.25) is 4.79 Å². The normalized spacial score (nSPS) is 11.9. The summed E-state index contributed by atoms with van der Waals surface area (Å²) in [6, 6.07) is 15.6. The molecule has 0 saturated carbocycles. The Morgan fingerprint density at radius 1 is 1.20 bits per heavy atom. The molecule has 2 nitrogen and oxygen atoms in total. The first-order valence-corrected chi connectivity index (χ1v) is 8.20. The first-order chi connectivity index (χ1) is 9.60. The van der Waals surface area contributed by atoms with E-state index in [9.17, 15) is 4.79 Å². The molecule has 1 unspecified atom stereocenters. The molecule has 1 atom stereocenters. The molecule has 104 valence electrons. The molecular weight excluding hydrogens is 382 g/mol. The van der Waals surface area contributed by atoms with E-state index < -0.39 is 0 Å². The van der Waals surface area contributed by atoms with E-state index in [-0.39, 0.29) is 11.9 Å². The van der Waals surface area contributed by atoms with Crippen molar-refractivity contribution in [3.05, 3.63) is 69.7 Å². The average molecular weight is 397 g/mol. The number of aryl methyl sites for hydroxylation is 1. The van der Waals surface area contributed by atoms with Crippen molar-refractivity contribution in [3.8, 4) is 0 Å². The van der Waals surface area contributed by atoms with Gasteiger partial charge in [0, 0.05) is 15.4 Å². The van der Waals surface area contributed by atoms with Crippen molar-refractivity contribution >= 4 is 37.8 Å². The maximum atomic E-state index is 12.3. The van der Waals surface area contributed by atoms with Crippen molar-refractivity contribution in [3.63, 3.8) is 0 Å². The Balaban J connectivity index is 2.17. The molecule has 0 fully saturated rings. The zero-order valence-electron chi connectivity index (χ0n) is 11.1. The van der Waals surface area contributed by atoms with Crippen LogP contribution in [-0.4, -0.2) is 11.2 Å². The molecule has 1 amide bonds. The van der Waals surface area contributed by atoms with Gasteiger partial charge in [-0.05, 0) is 36.2 Å². The molecule has 0 aliphatic heterocycles. The van der Waals surface area contributed by atoms with Gasteiger partial charge in [-0.15, -0.1) is 0 Å². The molecule has 0 heterocycles. The molecule has 2 aromatic carbocycles. The van der Waals surface area contributed by atoms with Gasteiger partial charge in [-0.1, -0.05) is 62.2 Å². The van der Waals surface area contributed by atoms with Gasteiger partial charge in [-0.25, -0.2) is 0 Å². The molecule has 0 aromatic heterocycles. The lowest BCUT2D eigenvalue weighted by Crippen LogP contribution is -2.29. The minimum Gasteiger partial charge on any atom is -0.344 e. The van der Waals surface area contributed by atoms with E-state index in [1.54, 1.807) is 0 Å². The Kier molecular flexibility index (Phi) is 5.38. The van der Waals surface area contributed by atoms with Gasteiger partial charge >= 0.3 is 0 Å².